The van der Waals surface area contributed by atoms with E-state index in [1.165, 1.54) is 81.0 Å². The van der Waals surface area contributed by atoms with Crippen LogP contribution in [0.5, 0.6) is 0 Å². The third-order valence-electron chi connectivity index (χ3n) is 11.4. The number of carbonyl (C=O) groups is 3. The number of likely N-dealkylation sites (N-methyl/N-ethyl adjacent to an activating group) is 6. The zero-order chi connectivity index (χ0) is 55.3. The average Bonchev–Trinajstić information content (AvgIpc) is 3.41. The maximum atomic E-state index is 11.3. The Balaban J connectivity index is -0.000000112. The van der Waals surface area contributed by atoms with Gasteiger partial charge in [-0.05, 0) is 50.6 Å². The van der Waals surface area contributed by atoms with E-state index in [1.54, 1.807) is 0 Å². The van der Waals surface area contributed by atoms with Crippen molar-refractivity contribution < 1.29 is 28.8 Å². The van der Waals surface area contributed by atoms with E-state index >= 15 is 0 Å². The van der Waals surface area contributed by atoms with E-state index in [0.29, 0.717) is 34.6 Å². The fourth-order valence-corrected chi connectivity index (χ4v) is 6.92. The van der Waals surface area contributed by atoms with Crippen LogP contribution in [0.3, 0.4) is 0 Å². The first-order chi connectivity index (χ1) is 34.1. The maximum absolute atomic E-state index is 11.3. The fourth-order valence-electron chi connectivity index (χ4n) is 6.92. The summed E-state index contributed by atoms with van der Waals surface area (Å²) in [6.07, 6.45) is 1.93. The number of nitrogens with one attached hydrogen (secondary N) is 3. The monoisotopic (exact) mass is 2260 g/mol. The van der Waals surface area contributed by atoms with Crippen LogP contribution in [0.25, 0.3) is 0 Å². The van der Waals surface area contributed by atoms with Crippen molar-refractivity contribution in [1.82, 2.24) is 60.0 Å². The Labute approximate surface area is 596 Å². The van der Waals surface area contributed by atoms with Gasteiger partial charge in [-0.2, -0.15) is 0 Å². The van der Waals surface area contributed by atoms with Crippen LogP contribution in [0.15, 0.2) is 0 Å². The fraction of sp³-hybridized carbons (Fsp3) is 0.936. The predicted molar refractivity (Wildman–Crippen MR) is 410 cm³/mol. The number of nitrogens with zero attached hydrogens (tertiary/aromatic N) is 9. The summed E-state index contributed by atoms with van der Waals surface area (Å²) in [6, 6.07) is 0. The summed E-state index contributed by atoms with van der Waals surface area (Å²) in [6.45, 7) is 41.9. The summed E-state index contributed by atoms with van der Waals surface area (Å²) in [7, 11) is 7.06. The number of alkyl halides is 4. The molecule has 0 atom stereocenters. The first-order valence-electron chi connectivity index (χ1n) is 24.8. The molecule has 0 bridgehead atoms. The molecule has 0 aromatic carbocycles. The van der Waals surface area contributed by atoms with Gasteiger partial charge < -0.3 is 60.0 Å². The molecule has 3 N–H and O–H groups in total. The number of piperazine rings is 6. The minimum absolute atomic E-state index is 0. The summed E-state index contributed by atoms with van der Waals surface area (Å²) in [5.41, 5.74) is 0. The van der Waals surface area contributed by atoms with Gasteiger partial charge in [-0.25, -0.2) is 0 Å². The van der Waals surface area contributed by atoms with E-state index < -0.39 is 0 Å². The van der Waals surface area contributed by atoms with Gasteiger partial charge in [-0.15, -0.1) is 24.0 Å². The molecule has 0 spiro atoms. The molecule has 3 amide bonds. The van der Waals surface area contributed by atoms with E-state index in [4.69, 9.17) is 0 Å². The molecule has 74 heavy (non-hydrogen) atoms. The van der Waals surface area contributed by atoms with E-state index in [1.807, 2.05) is 45.3 Å². The van der Waals surface area contributed by atoms with E-state index in [9.17, 15) is 14.4 Å². The second-order valence-electron chi connectivity index (χ2n) is 16.0. The number of hydrogen-bond acceptors (Lipinski definition) is 12. The molecular weight excluding hydrogens is 2150 g/mol. The summed E-state index contributed by atoms with van der Waals surface area (Å²) in [5.74, 6) is 0.866. The van der Waals surface area contributed by atoms with Crippen molar-refractivity contribution in [1.29, 1.82) is 0 Å². The van der Waals surface area contributed by atoms with E-state index in [0.717, 1.165) is 98.2 Å². The number of halogens is 10. The molecule has 0 aromatic heterocycles. The molecule has 0 saturated carbocycles. The summed E-state index contributed by atoms with van der Waals surface area (Å²) < 4.78 is 1.19. The molecular formula is C47H107I10N12O3V2. The zero-order valence-electron chi connectivity index (χ0n) is 45.9. The molecule has 6 aliphatic heterocycles. The van der Waals surface area contributed by atoms with Crippen LogP contribution in [0.2, 0.25) is 0 Å². The Hall–Kier alpha value is 6.52. The molecule has 27 heteroatoms. The van der Waals surface area contributed by atoms with E-state index in [-0.39, 0.29) is 55.6 Å². The van der Waals surface area contributed by atoms with Gasteiger partial charge in [-0.3, -0.25) is 14.4 Å². The third kappa shape index (κ3) is 66.1. The zero-order valence-corrected chi connectivity index (χ0v) is 70.4. The first kappa shape index (κ1) is 96.8. The molecule has 6 aliphatic rings. The van der Waals surface area contributed by atoms with Gasteiger partial charge in [0.2, 0.25) is 17.7 Å². The molecule has 6 saturated heterocycles. The standard InChI is InChI=1S/C9H18N2O.C8H16N2O.C7H14N2O.C7H16N2.C6H14N2.C5H12N2.CH2I2.2CH3I.2CH4.6HI.2V/c1-3-9(12)11-7-5-10(4-2)6-8-11;1-3-8(11)10-6-4-9(2)5-7-10;1-2-7(10)9-5-3-8-4-6-9;1-3-9-6-4-8(2)5-7-9;1-2-8-5-3-7-4-6-8;1-7-4-2-6-3-5-7;2-1-3;2*1-2;;;;;;;;;;/h3-8H2,1-2H3;3-7H2,1-2H3;8H,2-6H2,1H3;3-7H2,1-2H3;7H,2-6H2,1H3;6H,2-5H2,1H3;1H2;2*1H3;2*1H4;6*1H;;/q;;;;;;;;;;;;;;;;;+2;+3/p-5. The number of hydrogen-bond donors (Lipinski definition) is 3. The third-order valence-corrected chi connectivity index (χ3v) is 11.4. The van der Waals surface area contributed by atoms with Crippen LogP contribution in [0.1, 0.15) is 75.7 Å². The number of amides is 3. The van der Waals surface area contributed by atoms with Crippen LogP contribution in [0, 0.1) is 0 Å². The van der Waals surface area contributed by atoms with Gasteiger partial charge in [0.05, 0.1) is 2.43 Å². The van der Waals surface area contributed by atoms with Crippen LogP contribution in [0.4, 0.5) is 0 Å². The summed E-state index contributed by atoms with van der Waals surface area (Å²) in [4.78, 5) is 57.3. The average molecular weight is 2260 g/mol. The molecule has 15 nitrogen and oxygen atoms in total. The minimum atomic E-state index is -0.278. The van der Waals surface area contributed by atoms with Crippen molar-refractivity contribution in [3.63, 3.8) is 0 Å². The summed E-state index contributed by atoms with van der Waals surface area (Å²) >= 11 is 21.0. The summed E-state index contributed by atoms with van der Waals surface area (Å²) in [5, 5.41) is 9.78. The normalized spacial score (nSPS) is 17.8. The van der Waals surface area contributed by atoms with Gasteiger partial charge in [0, 0.05) is 176 Å². The quantitative estimate of drug-likeness (QED) is 0.174. The Morgan fingerprint density at radius 3 is 0.838 bits per heavy atom. The van der Waals surface area contributed by atoms with Crippen LogP contribution in [-0.4, -0.2) is 272 Å². The van der Waals surface area contributed by atoms with Gasteiger partial charge in [0.15, 0.2) is 0 Å². The van der Waals surface area contributed by atoms with Crippen molar-refractivity contribution in [2.75, 3.05) is 210 Å². The number of carbonyl (C=O) groups excluding carboxylic acids is 3. The van der Waals surface area contributed by atoms with Gasteiger partial charge in [0.1, 0.15) is 0 Å². The van der Waals surface area contributed by atoms with Crippen molar-refractivity contribution in [3.05, 3.63) is 0 Å². The van der Waals surface area contributed by atoms with E-state index in [2.05, 4.69) is 278 Å². The molecule has 6 heterocycles. The van der Waals surface area contributed by atoms with Crippen LogP contribution >= 0.6 is 214 Å². The molecule has 0 aliphatic carbocycles. The van der Waals surface area contributed by atoms with Gasteiger partial charge in [0.25, 0.3) is 0 Å². The second kappa shape index (κ2) is 75.6. The predicted octanol–water partition coefficient (Wildman–Crippen LogP) is 10.5. The van der Waals surface area contributed by atoms with Crippen LogP contribution < -0.4 is 16.0 Å². The van der Waals surface area contributed by atoms with Crippen molar-refractivity contribution >= 4 is 232 Å². The Bertz CT molecular complexity index is 1110. The van der Waals surface area contributed by atoms with Crippen molar-refractivity contribution in [2.45, 2.75) is 75.7 Å². The Morgan fingerprint density at radius 1 is 0.419 bits per heavy atom. The van der Waals surface area contributed by atoms with Crippen LogP contribution in [-0.2, 0) is 28.8 Å². The molecule has 6 rings (SSSR count). The second-order valence-corrected chi connectivity index (χ2v) is 67.6. The Kier molecular flexibility index (Phi) is 98.9. The van der Waals surface area contributed by atoms with Crippen molar-refractivity contribution in [3.8, 4) is 0 Å². The topological polar surface area (TPSA) is 116 Å². The Morgan fingerprint density at radius 2 is 0.608 bits per heavy atom. The van der Waals surface area contributed by atoms with Crippen molar-refractivity contribution in [2.24, 2.45) is 0 Å². The molecule has 0 aromatic rings. The molecule has 0 radical (unpaired) electrons. The SMILES string of the molecule is C.C.CCC(=O)N1CCN(C)CC1.CCC(=O)N1CCN(CC)CC1.CCC(=O)N1CCNCC1.CCN1CCN(C)CC1.CCN1CCNCC1.CI.CI.CN1CCNCC1.I.ICI.[I][V]([I])[I].[I][V][I]. The number of rotatable bonds is 6. The molecule has 453 valence electrons. The molecule has 0 unspecified atom stereocenters. The first-order valence-corrected chi connectivity index (χ1v) is 54.7. The van der Waals surface area contributed by atoms with Gasteiger partial charge >= 0.3 is 114 Å². The van der Waals surface area contributed by atoms with Gasteiger partial charge in [-0.1, -0.05) is 147 Å². The molecule has 6 fully saturated rings.